The van der Waals surface area contributed by atoms with Crippen molar-refractivity contribution in [1.82, 2.24) is 9.97 Å². The first kappa shape index (κ1) is 22.7. The number of benzene rings is 1. The number of alkyl halides is 3. The van der Waals surface area contributed by atoms with E-state index in [1.165, 1.54) is 12.1 Å². The number of rotatable bonds is 4. The van der Waals surface area contributed by atoms with Gasteiger partial charge in [-0.1, -0.05) is 6.92 Å². The highest BCUT2D eigenvalue weighted by molar-refractivity contribution is 5.91. The summed E-state index contributed by atoms with van der Waals surface area (Å²) >= 11 is 0. The van der Waals surface area contributed by atoms with Gasteiger partial charge in [0.2, 0.25) is 5.91 Å². The van der Waals surface area contributed by atoms with Crippen LogP contribution in [0.2, 0.25) is 0 Å². The number of nitrogens with zero attached hydrogens (tertiary/aromatic N) is 2. The maximum atomic E-state index is 13.9. The Kier molecular flexibility index (Phi) is 5.78. The van der Waals surface area contributed by atoms with E-state index >= 15 is 0 Å². The van der Waals surface area contributed by atoms with Crippen molar-refractivity contribution in [3.63, 3.8) is 0 Å². The minimum atomic E-state index is -4.46. The average molecular weight is 471 g/mol. The van der Waals surface area contributed by atoms with Crippen molar-refractivity contribution in [3.05, 3.63) is 65.7 Å². The molecule has 0 spiro atoms. The molecule has 0 aliphatic heterocycles. The smallest absolute Gasteiger partial charge is 0.310 e. The van der Waals surface area contributed by atoms with E-state index in [0.717, 1.165) is 54.4 Å². The van der Waals surface area contributed by atoms with E-state index in [2.05, 4.69) is 15.3 Å². The summed E-state index contributed by atoms with van der Waals surface area (Å²) < 4.78 is 52.0. The highest BCUT2D eigenvalue weighted by atomic mass is 19.4. The predicted molar refractivity (Wildman–Crippen MR) is 120 cm³/mol. The van der Waals surface area contributed by atoms with Gasteiger partial charge >= 0.3 is 6.18 Å². The molecule has 0 saturated heterocycles. The van der Waals surface area contributed by atoms with Crippen LogP contribution in [0.3, 0.4) is 0 Å². The van der Waals surface area contributed by atoms with Crippen LogP contribution < -0.4 is 5.32 Å². The van der Waals surface area contributed by atoms with Gasteiger partial charge in [0.1, 0.15) is 11.6 Å². The highest BCUT2D eigenvalue weighted by Crippen LogP contribution is 2.54. The second-order valence-corrected chi connectivity index (χ2v) is 9.69. The lowest BCUT2D eigenvalue weighted by molar-refractivity contribution is -0.137. The fourth-order valence-corrected chi connectivity index (χ4v) is 5.91. The molecule has 1 amide bonds. The van der Waals surface area contributed by atoms with Crippen molar-refractivity contribution in [1.29, 1.82) is 0 Å². The second kappa shape index (κ2) is 8.64. The van der Waals surface area contributed by atoms with Gasteiger partial charge in [0.15, 0.2) is 0 Å². The van der Waals surface area contributed by atoms with Gasteiger partial charge in [-0.3, -0.25) is 9.78 Å². The molecule has 5 rings (SSSR count). The number of nitrogens with one attached hydrogen (secondary N) is 1. The third-order valence-corrected chi connectivity index (χ3v) is 7.69. The summed E-state index contributed by atoms with van der Waals surface area (Å²) in [4.78, 5) is 20.9. The molecule has 34 heavy (non-hydrogen) atoms. The van der Waals surface area contributed by atoms with Crippen LogP contribution in [-0.2, 0) is 11.0 Å². The lowest BCUT2D eigenvalue weighted by Gasteiger charge is -2.21. The van der Waals surface area contributed by atoms with Crippen molar-refractivity contribution < 1.29 is 22.4 Å². The fraction of sp³-hybridized carbons (Fsp3) is 0.423. The fourth-order valence-electron chi connectivity index (χ4n) is 5.91. The van der Waals surface area contributed by atoms with Gasteiger partial charge < -0.3 is 5.32 Å². The van der Waals surface area contributed by atoms with E-state index in [0.29, 0.717) is 17.8 Å². The number of halogens is 4. The van der Waals surface area contributed by atoms with E-state index in [4.69, 9.17) is 0 Å². The van der Waals surface area contributed by atoms with Gasteiger partial charge in [-0.05, 0) is 91.3 Å². The van der Waals surface area contributed by atoms with Crippen molar-refractivity contribution in [2.24, 2.45) is 23.7 Å². The molecule has 1 aromatic carbocycles. The standard InChI is InChI=1S/C26H25F4N3O/c1-14(25(34)33-24-5-2-19(13-32-24)26(28,29)30)15-8-16-10-18(11-17(16)9-15)21-6-7-31-23-4-3-20(27)12-22(21)23/h2-7,12-18H,8-11H2,1H3,(H,32,33,34)/t14-,15-,16-,17+,18+/m1/s1. The summed E-state index contributed by atoms with van der Waals surface area (Å²) in [6, 6.07) is 8.81. The Balaban J connectivity index is 1.21. The zero-order chi connectivity index (χ0) is 24.0. The van der Waals surface area contributed by atoms with Crippen molar-refractivity contribution in [3.8, 4) is 0 Å². The number of carbonyl (C=O) groups is 1. The van der Waals surface area contributed by atoms with Crippen LogP contribution in [0.5, 0.6) is 0 Å². The van der Waals surface area contributed by atoms with Gasteiger partial charge in [-0.15, -0.1) is 0 Å². The SMILES string of the molecule is C[C@@H](C(=O)Nc1ccc(C(F)(F)F)cn1)[C@H]1C[C@H]2C[C@@H](c3ccnc4ccc(F)cc34)C[C@H]2C1. The Hall–Kier alpha value is -3.03. The number of carbonyl (C=O) groups excluding carboxylic acids is 1. The van der Waals surface area contributed by atoms with Crippen LogP contribution in [0.15, 0.2) is 48.8 Å². The molecule has 2 heterocycles. The molecule has 2 aromatic heterocycles. The van der Waals surface area contributed by atoms with Crippen molar-refractivity contribution >= 4 is 22.6 Å². The monoisotopic (exact) mass is 471 g/mol. The number of aromatic nitrogens is 2. The Bertz CT molecular complexity index is 1200. The van der Waals surface area contributed by atoms with Crippen LogP contribution in [0.1, 0.15) is 49.7 Å². The Labute approximate surface area is 194 Å². The third-order valence-electron chi connectivity index (χ3n) is 7.69. The van der Waals surface area contributed by atoms with Crippen LogP contribution in [-0.4, -0.2) is 15.9 Å². The summed E-state index contributed by atoms with van der Waals surface area (Å²) in [6.45, 7) is 1.88. The molecule has 0 radical (unpaired) electrons. The molecular weight excluding hydrogens is 446 g/mol. The lowest BCUT2D eigenvalue weighted by Crippen LogP contribution is -2.26. The Morgan fingerprint density at radius 3 is 2.41 bits per heavy atom. The first-order chi connectivity index (χ1) is 16.2. The molecule has 3 aromatic rings. The first-order valence-corrected chi connectivity index (χ1v) is 11.6. The summed E-state index contributed by atoms with van der Waals surface area (Å²) in [7, 11) is 0. The van der Waals surface area contributed by atoms with Crippen LogP contribution >= 0.6 is 0 Å². The summed E-state index contributed by atoms with van der Waals surface area (Å²) in [5.41, 5.74) is 1.10. The Morgan fingerprint density at radius 1 is 1.03 bits per heavy atom. The van der Waals surface area contributed by atoms with Crippen LogP contribution in [0, 0.1) is 29.5 Å². The molecule has 0 unspecified atom stereocenters. The number of amides is 1. The van der Waals surface area contributed by atoms with Gasteiger partial charge in [0, 0.05) is 23.7 Å². The number of fused-ring (bicyclic) bond motifs is 2. The van der Waals surface area contributed by atoms with Gasteiger partial charge in [-0.25, -0.2) is 9.37 Å². The molecule has 5 atom stereocenters. The average Bonchev–Trinajstić information content (AvgIpc) is 3.37. The number of anilines is 1. The van der Waals surface area contributed by atoms with E-state index in [-0.39, 0.29) is 29.4 Å². The minimum Gasteiger partial charge on any atom is -0.310 e. The van der Waals surface area contributed by atoms with Gasteiger partial charge in [0.25, 0.3) is 0 Å². The largest absolute Gasteiger partial charge is 0.417 e. The summed E-state index contributed by atoms with van der Waals surface area (Å²) in [5.74, 6) is 0.967. The molecule has 0 bridgehead atoms. The molecule has 2 aliphatic rings. The topological polar surface area (TPSA) is 54.9 Å². The lowest BCUT2D eigenvalue weighted by atomic mass is 9.86. The summed E-state index contributed by atoms with van der Waals surface area (Å²) in [5, 5.41) is 3.54. The van der Waals surface area contributed by atoms with Crippen LogP contribution in [0.4, 0.5) is 23.4 Å². The Morgan fingerprint density at radius 2 is 1.76 bits per heavy atom. The first-order valence-electron chi connectivity index (χ1n) is 11.6. The van der Waals surface area contributed by atoms with E-state index < -0.39 is 11.7 Å². The molecule has 8 heteroatoms. The zero-order valence-corrected chi connectivity index (χ0v) is 18.6. The third kappa shape index (κ3) is 4.38. The minimum absolute atomic E-state index is 0.125. The quantitative estimate of drug-likeness (QED) is 0.437. The number of hydrogen-bond donors (Lipinski definition) is 1. The van der Waals surface area contributed by atoms with Crippen molar-refractivity contribution in [2.45, 2.75) is 44.7 Å². The summed E-state index contributed by atoms with van der Waals surface area (Å²) in [6.07, 6.45) is 1.95. The molecule has 178 valence electrons. The molecule has 2 fully saturated rings. The maximum absolute atomic E-state index is 13.9. The molecule has 1 N–H and O–H groups in total. The van der Waals surface area contributed by atoms with E-state index in [1.54, 1.807) is 18.3 Å². The molecular formula is C26H25F4N3O. The van der Waals surface area contributed by atoms with Gasteiger partial charge in [0.05, 0.1) is 11.1 Å². The normalized spacial score (nSPS) is 25.3. The second-order valence-electron chi connectivity index (χ2n) is 9.69. The molecule has 2 aliphatic carbocycles. The number of hydrogen-bond acceptors (Lipinski definition) is 3. The maximum Gasteiger partial charge on any atom is 0.417 e. The predicted octanol–water partition coefficient (Wildman–Crippen LogP) is 6.58. The zero-order valence-electron chi connectivity index (χ0n) is 18.6. The van der Waals surface area contributed by atoms with E-state index in [9.17, 15) is 22.4 Å². The van der Waals surface area contributed by atoms with E-state index in [1.807, 2.05) is 13.0 Å². The van der Waals surface area contributed by atoms with Gasteiger partial charge in [-0.2, -0.15) is 13.2 Å². The van der Waals surface area contributed by atoms with Crippen LogP contribution in [0.25, 0.3) is 10.9 Å². The molecule has 2 saturated carbocycles. The van der Waals surface area contributed by atoms with Crippen molar-refractivity contribution in [2.75, 3.05) is 5.32 Å². The molecule has 4 nitrogen and oxygen atoms in total. The highest BCUT2D eigenvalue weighted by Gasteiger charge is 2.44. The number of pyridine rings is 2.